The summed E-state index contributed by atoms with van der Waals surface area (Å²) in [6.45, 7) is 5.32. The lowest BCUT2D eigenvalue weighted by Crippen LogP contribution is -2.37. The summed E-state index contributed by atoms with van der Waals surface area (Å²) in [6.07, 6.45) is 0.719. The molecule has 128 valence electrons. The van der Waals surface area contributed by atoms with E-state index in [0.29, 0.717) is 10.7 Å². The van der Waals surface area contributed by atoms with Crippen molar-refractivity contribution in [1.82, 2.24) is 4.98 Å². The maximum absolute atomic E-state index is 12.4. The molecule has 8 heteroatoms. The second-order valence-electron chi connectivity index (χ2n) is 5.92. The lowest BCUT2D eigenvalue weighted by Gasteiger charge is -2.25. The Bertz CT molecular complexity index is 774. The number of benzene rings is 1. The SMILES string of the molecule is CC(C)(C)OC(=O)N(OC=O)c1ncc(Br)c2cc(CBr)ccc12. The van der Waals surface area contributed by atoms with Gasteiger partial charge in [0.15, 0.2) is 5.82 Å². The Kier molecular flexibility index (Phi) is 5.82. The van der Waals surface area contributed by atoms with Gasteiger partial charge >= 0.3 is 12.6 Å². The molecule has 0 atom stereocenters. The van der Waals surface area contributed by atoms with Crippen LogP contribution in [0.4, 0.5) is 10.6 Å². The third kappa shape index (κ3) is 4.24. The number of anilines is 1. The Morgan fingerprint density at radius 2 is 2.04 bits per heavy atom. The third-order valence-corrected chi connectivity index (χ3v) is 4.22. The van der Waals surface area contributed by atoms with Crippen LogP contribution in [0.5, 0.6) is 0 Å². The van der Waals surface area contributed by atoms with Gasteiger partial charge in [-0.1, -0.05) is 33.1 Å². The third-order valence-electron chi connectivity index (χ3n) is 2.94. The standard InChI is InChI=1S/C16H16Br2N2O4/c1-16(2,3)24-15(22)20(23-9-21)14-11-5-4-10(7-17)6-12(11)13(18)8-19-14/h4-6,8-9H,7H2,1-3H3. The average molecular weight is 460 g/mol. The number of hydrogen-bond acceptors (Lipinski definition) is 5. The van der Waals surface area contributed by atoms with Crippen molar-refractivity contribution in [2.24, 2.45) is 0 Å². The van der Waals surface area contributed by atoms with Crippen LogP contribution in [0.3, 0.4) is 0 Å². The Labute approximate surface area is 156 Å². The quantitative estimate of drug-likeness (QED) is 0.375. The molecule has 0 saturated heterocycles. The summed E-state index contributed by atoms with van der Waals surface area (Å²) in [5, 5.41) is 2.91. The molecule has 2 aromatic rings. The van der Waals surface area contributed by atoms with Crippen molar-refractivity contribution in [3.8, 4) is 0 Å². The van der Waals surface area contributed by atoms with Gasteiger partial charge in [-0.3, -0.25) is 4.79 Å². The first-order valence-electron chi connectivity index (χ1n) is 7.03. The largest absolute Gasteiger partial charge is 0.450 e. The molecule has 1 heterocycles. The van der Waals surface area contributed by atoms with Crippen LogP contribution in [0.15, 0.2) is 28.9 Å². The molecule has 1 aromatic carbocycles. The number of fused-ring (bicyclic) bond motifs is 1. The van der Waals surface area contributed by atoms with Gasteiger partial charge in [0.25, 0.3) is 0 Å². The number of carbonyl (C=O) groups is 2. The maximum atomic E-state index is 12.4. The number of halogens is 2. The fraction of sp³-hybridized carbons (Fsp3) is 0.312. The summed E-state index contributed by atoms with van der Waals surface area (Å²) < 4.78 is 6.04. The number of carbonyl (C=O) groups excluding carboxylic acids is 2. The lowest BCUT2D eigenvalue weighted by molar-refractivity contribution is -0.130. The van der Waals surface area contributed by atoms with E-state index in [9.17, 15) is 9.59 Å². The second kappa shape index (κ2) is 7.48. The Morgan fingerprint density at radius 1 is 1.33 bits per heavy atom. The van der Waals surface area contributed by atoms with Crippen molar-refractivity contribution in [3.05, 3.63) is 34.4 Å². The normalized spacial score (nSPS) is 11.2. The van der Waals surface area contributed by atoms with Gasteiger partial charge in [-0.25, -0.2) is 9.78 Å². The Balaban J connectivity index is 2.56. The molecular formula is C16H16Br2N2O4. The number of ether oxygens (including phenoxy) is 1. The van der Waals surface area contributed by atoms with Crippen molar-refractivity contribution in [2.45, 2.75) is 31.7 Å². The van der Waals surface area contributed by atoms with E-state index in [1.807, 2.05) is 18.2 Å². The number of aromatic nitrogens is 1. The minimum atomic E-state index is -0.824. The van der Waals surface area contributed by atoms with Gasteiger partial charge in [-0.2, -0.15) is 0 Å². The molecule has 1 aromatic heterocycles. The molecule has 0 spiro atoms. The highest BCUT2D eigenvalue weighted by Gasteiger charge is 2.28. The van der Waals surface area contributed by atoms with Gasteiger partial charge in [0.2, 0.25) is 0 Å². The van der Waals surface area contributed by atoms with Crippen LogP contribution in [0.25, 0.3) is 10.8 Å². The Hall–Kier alpha value is -1.67. The second-order valence-corrected chi connectivity index (χ2v) is 7.33. The first-order valence-corrected chi connectivity index (χ1v) is 8.95. The predicted molar refractivity (Wildman–Crippen MR) is 97.9 cm³/mol. The van der Waals surface area contributed by atoms with Gasteiger partial charge in [0, 0.05) is 26.8 Å². The molecule has 24 heavy (non-hydrogen) atoms. The van der Waals surface area contributed by atoms with Crippen molar-refractivity contribution in [2.75, 3.05) is 5.06 Å². The number of amides is 1. The van der Waals surface area contributed by atoms with Gasteiger partial charge in [0.1, 0.15) is 5.60 Å². The number of hydrogen-bond donors (Lipinski definition) is 0. The van der Waals surface area contributed by atoms with Gasteiger partial charge < -0.3 is 9.57 Å². The number of rotatable bonds is 4. The summed E-state index contributed by atoms with van der Waals surface area (Å²) in [6, 6.07) is 5.65. The molecule has 0 bridgehead atoms. The Morgan fingerprint density at radius 3 is 2.62 bits per heavy atom. The van der Waals surface area contributed by atoms with Crippen LogP contribution in [0.2, 0.25) is 0 Å². The maximum Gasteiger partial charge on any atom is 0.450 e. The van der Waals surface area contributed by atoms with Crippen molar-refractivity contribution in [1.29, 1.82) is 0 Å². The van der Waals surface area contributed by atoms with Crippen LogP contribution in [-0.4, -0.2) is 23.2 Å². The molecule has 0 aliphatic heterocycles. The summed E-state index contributed by atoms with van der Waals surface area (Å²) in [5.74, 6) is 0.177. The summed E-state index contributed by atoms with van der Waals surface area (Å²) in [5.41, 5.74) is 0.316. The van der Waals surface area contributed by atoms with Crippen LogP contribution in [0, 0.1) is 0 Å². The van der Waals surface area contributed by atoms with Gasteiger partial charge in [0.05, 0.1) is 0 Å². The van der Waals surface area contributed by atoms with E-state index in [2.05, 4.69) is 36.8 Å². The number of hydroxylamine groups is 1. The van der Waals surface area contributed by atoms with E-state index in [4.69, 9.17) is 9.57 Å². The van der Waals surface area contributed by atoms with E-state index in [0.717, 1.165) is 20.5 Å². The molecule has 0 aliphatic carbocycles. The van der Waals surface area contributed by atoms with Gasteiger partial charge in [-0.15, -0.1) is 0 Å². The van der Waals surface area contributed by atoms with E-state index in [1.54, 1.807) is 27.0 Å². The topological polar surface area (TPSA) is 68.7 Å². The zero-order valence-electron chi connectivity index (χ0n) is 13.4. The van der Waals surface area contributed by atoms with Crippen LogP contribution in [0.1, 0.15) is 26.3 Å². The van der Waals surface area contributed by atoms with Crippen molar-refractivity contribution in [3.63, 3.8) is 0 Å². The van der Waals surface area contributed by atoms with Gasteiger partial charge in [-0.05, 0) is 48.3 Å². The van der Waals surface area contributed by atoms with E-state index in [1.165, 1.54) is 0 Å². The molecule has 0 N–H and O–H groups in total. The monoisotopic (exact) mass is 458 g/mol. The number of pyridine rings is 1. The molecular weight excluding hydrogens is 444 g/mol. The van der Waals surface area contributed by atoms with Crippen molar-refractivity contribution < 1.29 is 19.2 Å². The lowest BCUT2D eigenvalue weighted by atomic mass is 10.1. The van der Waals surface area contributed by atoms with Crippen molar-refractivity contribution >= 4 is 61.0 Å². The first-order chi connectivity index (χ1) is 11.3. The summed E-state index contributed by atoms with van der Waals surface area (Å²) in [4.78, 5) is 32.3. The molecule has 0 saturated carbocycles. The molecule has 0 aliphatic rings. The molecule has 2 rings (SSSR count). The minimum absolute atomic E-state index is 0.159. The summed E-state index contributed by atoms with van der Waals surface area (Å²) >= 11 is 6.86. The zero-order chi connectivity index (χ0) is 17.9. The van der Waals surface area contributed by atoms with Crippen LogP contribution < -0.4 is 5.06 Å². The number of nitrogens with zero attached hydrogens (tertiary/aromatic N) is 2. The predicted octanol–water partition coefficient (Wildman–Crippen LogP) is 4.72. The van der Waals surface area contributed by atoms with Crippen LogP contribution >= 0.6 is 31.9 Å². The molecule has 0 fully saturated rings. The molecule has 0 radical (unpaired) electrons. The average Bonchev–Trinajstić information content (AvgIpc) is 2.51. The fourth-order valence-corrected chi connectivity index (χ4v) is 2.79. The van der Waals surface area contributed by atoms with Crippen LogP contribution in [-0.2, 0) is 19.7 Å². The molecule has 0 unspecified atom stereocenters. The van der Waals surface area contributed by atoms with E-state index >= 15 is 0 Å². The first kappa shape index (κ1) is 18.7. The fourth-order valence-electron chi connectivity index (χ4n) is 2.01. The highest BCUT2D eigenvalue weighted by Crippen LogP contribution is 2.32. The highest BCUT2D eigenvalue weighted by atomic mass is 79.9. The highest BCUT2D eigenvalue weighted by molar-refractivity contribution is 9.10. The zero-order valence-corrected chi connectivity index (χ0v) is 16.5. The number of alkyl halides is 1. The minimum Gasteiger partial charge on any atom is -0.441 e. The molecule has 6 nitrogen and oxygen atoms in total. The molecule has 1 amide bonds. The smallest absolute Gasteiger partial charge is 0.441 e. The summed E-state index contributed by atoms with van der Waals surface area (Å²) in [7, 11) is 0. The van der Waals surface area contributed by atoms with E-state index in [-0.39, 0.29) is 12.3 Å². The van der Waals surface area contributed by atoms with E-state index < -0.39 is 11.7 Å².